The summed E-state index contributed by atoms with van der Waals surface area (Å²) in [5.74, 6) is -0.569. The number of hydrogen-bond acceptors (Lipinski definition) is 8. The molecular weight excluding hydrogens is 411 g/mol. The lowest BCUT2D eigenvalue weighted by Crippen LogP contribution is -2.43. The molecule has 1 N–H and O–H groups in total. The van der Waals surface area contributed by atoms with Crippen LogP contribution in [0.4, 0.5) is 0 Å². The van der Waals surface area contributed by atoms with Gasteiger partial charge in [-0.3, -0.25) is 9.36 Å². The van der Waals surface area contributed by atoms with Crippen LogP contribution in [-0.2, 0) is 35.7 Å². The van der Waals surface area contributed by atoms with Crippen LogP contribution in [0.25, 0.3) is 0 Å². The average Bonchev–Trinajstić information content (AvgIpc) is 2.78. The third kappa shape index (κ3) is 6.38. The van der Waals surface area contributed by atoms with Crippen LogP contribution in [0.1, 0.15) is 21.5 Å². The van der Waals surface area contributed by atoms with Crippen LogP contribution < -0.4 is 10.1 Å². The van der Waals surface area contributed by atoms with Crippen molar-refractivity contribution in [3.05, 3.63) is 59.3 Å². The van der Waals surface area contributed by atoms with Crippen LogP contribution in [0.5, 0.6) is 5.88 Å². The normalized spacial score (nSPS) is 12.1. The molecule has 0 aliphatic heterocycles. The number of nitrogens with zero attached hydrogens (tertiary/aromatic N) is 1. The number of esters is 1. The van der Waals surface area contributed by atoms with Gasteiger partial charge in [0.1, 0.15) is 6.04 Å². The second-order valence-corrected chi connectivity index (χ2v) is 8.56. The number of rotatable bonds is 10. The minimum absolute atomic E-state index is 0.0805. The number of carbonyl (C=O) groups is 2. The van der Waals surface area contributed by atoms with Gasteiger partial charge in [0.15, 0.2) is 0 Å². The number of ether oxygens (including phenoxy) is 2. The van der Waals surface area contributed by atoms with Crippen LogP contribution >= 0.6 is 7.60 Å². The predicted molar refractivity (Wildman–Crippen MR) is 110 cm³/mol. The molecule has 1 heterocycles. The molecule has 1 aromatic carbocycles. The molecule has 0 radical (unpaired) electrons. The van der Waals surface area contributed by atoms with Crippen LogP contribution in [0.3, 0.4) is 0 Å². The molecule has 0 fully saturated rings. The smallest absolute Gasteiger partial charge is 0.334 e. The Balaban J connectivity index is 2.09. The summed E-state index contributed by atoms with van der Waals surface area (Å²) in [5, 5.41) is 2.67. The molecule has 30 heavy (non-hydrogen) atoms. The third-order valence-electron chi connectivity index (χ3n) is 4.39. The summed E-state index contributed by atoms with van der Waals surface area (Å²) in [4.78, 5) is 28.9. The van der Waals surface area contributed by atoms with Gasteiger partial charge in [-0.1, -0.05) is 18.2 Å². The fourth-order valence-corrected chi connectivity index (χ4v) is 3.72. The van der Waals surface area contributed by atoms with Crippen molar-refractivity contribution in [2.45, 2.75) is 18.6 Å². The Morgan fingerprint density at radius 3 is 2.13 bits per heavy atom. The Labute approximate surface area is 175 Å². The molecule has 0 aliphatic carbocycles. The first-order valence-corrected chi connectivity index (χ1v) is 10.7. The average molecular weight is 436 g/mol. The molecule has 0 spiro atoms. The fourth-order valence-electron chi connectivity index (χ4n) is 2.65. The number of benzene rings is 1. The van der Waals surface area contributed by atoms with Crippen LogP contribution in [0.2, 0.25) is 0 Å². The van der Waals surface area contributed by atoms with Crippen molar-refractivity contribution in [1.29, 1.82) is 0 Å². The Bertz CT molecular complexity index is 892. The number of amides is 1. The molecule has 2 aromatic rings. The highest BCUT2D eigenvalue weighted by Crippen LogP contribution is 2.49. The van der Waals surface area contributed by atoms with Crippen molar-refractivity contribution in [3.63, 3.8) is 0 Å². The van der Waals surface area contributed by atoms with Gasteiger partial charge < -0.3 is 23.8 Å². The molecule has 0 unspecified atom stereocenters. The maximum Gasteiger partial charge on any atom is 0.334 e. The molecule has 2 rings (SSSR count). The lowest BCUT2D eigenvalue weighted by Gasteiger charge is -2.17. The summed E-state index contributed by atoms with van der Waals surface area (Å²) in [7, 11) is 2.19. The summed E-state index contributed by atoms with van der Waals surface area (Å²) in [5.41, 5.74) is 1.76. The molecule has 1 aromatic heterocycles. The van der Waals surface area contributed by atoms with Crippen molar-refractivity contribution in [2.75, 3.05) is 28.4 Å². The molecule has 162 valence electrons. The summed E-state index contributed by atoms with van der Waals surface area (Å²) in [6.45, 7) is 0. The largest absolute Gasteiger partial charge is 0.481 e. The Morgan fingerprint density at radius 2 is 1.63 bits per heavy atom. The third-order valence-corrected chi connectivity index (χ3v) is 6.25. The van der Waals surface area contributed by atoms with E-state index in [2.05, 4.69) is 10.3 Å². The van der Waals surface area contributed by atoms with E-state index >= 15 is 0 Å². The first-order valence-electron chi connectivity index (χ1n) is 9.01. The fraction of sp³-hybridized carbons (Fsp3) is 0.350. The zero-order valence-corrected chi connectivity index (χ0v) is 18.2. The van der Waals surface area contributed by atoms with Gasteiger partial charge in [0.05, 0.1) is 20.4 Å². The number of carbonyl (C=O) groups excluding carboxylic acids is 2. The van der Waals surface area contributed by atoms with Gasteiger partial charge in [-0.25, -0.2) is 9.78 Å². The highest BCUT2D eigenvalue weighted by Gasteiger charge is 2.24. The van der Waals surface area contributed by atoms with Crippen molar-refractivity contribution >= 4 is 19.5 Å². The lowest BCUT2D eigenvalue weighted by molar-refractivity contribution is -0.142. The van der Waals surface area contributed by atoms with E-state index in [1.165, 1.54) is 28.4 Å². The van der Waals surface area contributed by atoms with Crippen molar-refractivity contribution < 1.29 is 32.7 Å². The van der Waals surface area contributed by atoms with Crippen LogP contribution in [0, 0.1) is 0 Å². The zero-order valence-electron chi connectivity index (χ0n) is 17.3. The van der Waals surface area contributed by atoms with Crippen LogP contribution in [-0.4, -0.2) is 51.3 Å². The van der Waals surface area contributed by atoms with E-state index < -0.39 is 25.5 Å². The van der Waals surface area contributed by atoms with E-state index in [1.807, 2.05) is 0 Å². The van der Waals surface area contributed by atoms with E-state index in [4.69, 9.17) is 18.5 Å². The number of pyridine rings is 1. The van der Waals surface area contributed by atoms with Gasteiger partial charge in [0.25, 0.3) is 5.91 Å². The molecule has 0 saturated heterocycles. The minimum Gasteiger partial charge on any atom is -0.481 e. The number of methoxy groups -OCH3 is 2. The predicted octanol–water partition coefficient (Wildman–Crippen LogP) is 2.59. The van der Waals surface area contributed by atoms with Gasteiger partial charge in [0, 0.05) is 38.5 Å². The minimum atomic E-state index is -3.20. The van der Waals surface area contributed by atoms with Crippen LogP contribution in [0.15, 0.2) is 42.6 Å². The topological polar surface area (TPSA) is 113 Å². The van der Waals surface area contributed by atoms with E-state index in [0.29, 0.717) is 17.0 Å². The highest BCUT2D eigenvalue weighted by atomic mass is 31.2. The standard InChI is InChI=1S/C20H25N2O7P/c1-26-18-10-7-15(12-21-18)11-17(20(24)27-2)22-19(23)16-8-5-14(6-9-16)13-30(25,28-3)29-4/h5-10,12,17H,11,13H2,1-4H3,(H,22,23)/t17-/m1/s1. The first-order chi connectivity index (χ1) is 14.3. The summed E-state index contributed by atoms with van der Waals surface area (Å²) < 4.78 is 31.9. The van der Waals surface area contributed by atoms with Gasteiger partial charge in [-0.15, -0.1) is 0 Å². The second-order valence-electron chi connectivity index (χ2n) is 6.29. The Kier molecular flexibility index (Phi) is 8.53. The molecule has 1 amide bonds. The van der Waals surface area contributed by atoms with Gasteiger partial charge in [0.2, 0.25) is 5.88 Å². The quantitative estimate of drug-likeness (QED) is 0.447. The molecular formula is C20H25N2O7P. The molecule has 10 heteroatoms. The molecule has 9 nitrogen and oxygen atoms in total. The van der Waals surface area contributed by atoms with Gasteiger partial charge >= 0.3 is 13.6 Å². The number of hydrogen-bond donors (Lipinski definition) is 1. The zero-order chi connectivity index (χ0) is 22.1. The summed E-state index contributed by atoms with van der Waals surface area (Å²) >= 11 is 0. The van der Waals surface area contributed by atoms with E-state index in [-0.39, 0.29) is 12.6 Å². The van der Waals surface area contributed by atoms with Crippen molar-refractivity contribution in [1.82, 2.24) is 10.3 Å². The Morgan fingerprint density at radius 1 is 1.00 bits per heavy atom. The Hall–Kier alpha value is -2.74. The molecule has 0 bridgehead atoms. The monoisotopic (exact) mass is 436 g/mol. The highest BCUT2D eigenvalue weighted by molar-refractivity contribution is 7.52. The first kappa shape index (κ1) is 23.5. The molecule has 0 aliphatic rings. The number of aromatic nitrogens is 1. The second kappa shape index (κ2) is 10.9. The lowest BCUT2D eigenvalue weighted by atomic mass is 10.1. The van der Waals surface area contributed by atoms with E-state index in [0.717, 1.165) is 5.56 Å². The maximum absolute atomic E-state index is 12.6. The summed E-state index contributed by atoms with van der Waals surface area (Å²) in [6.07, 6.45) is 1.86. The van der Waals surface area contributed by atoms with Gasteiger partial charge in [-0.2, -0.15) is 0 Å². The van der Waals surface area contributed by atoms with E-state index in [1.54, 1.807) is 42.6 Å². The van der Waals surface area contributed by atoms with Gasteiger partial charge in [-0.05, 0) is 23.3 Å². The van der Waals surface area contributed by atoms with Crippen molar-refractivity contribution in [2.24, 2.45) is 0 Å². The van der Waals surface area contributed by atoms with Crippen molar-refractivity contribution in [3.8, 4) is 5.88 Å². The molecule has 0 saturated carbocycles. The summed E-state index contributed by atoms with van der Waals surface area (Å²) in [6, 6.07) is 8.99. The maximum atomic E-state index is 12.6. The SMILES string of the molecule is COC(=O)[C@@H](Cc1ccc(OC)nc1)NC(=O)c1ccc(CP(=O)(OC)OC)cc1. The number of nitrogens with one attached hydrogen (secondary N) is 1. The molecule has 1 atom stereocenters. The van der Waals surface area contributed by atoms with E-state index in [9.17, 15) is 14.2 Å².